The van der Waals surface area contributed by atoms with Crippen molar-refractivity contribution in [2.24, 2.45) is 0 Å². The van der Waals surface area contributed by atoms with E-state index >= 15 is 0 Å². The first-order valence-corrected chi connectivity index (χ1v) is 13.1. The number of thiophene rings is 1. The number of benzene rings is 1. The predicted molar refractivity (Wildman–Crippen MR) is 140 cm³/mol. The Bertz CT molecular complexity index is 1210. The van der Waals surface area contributed by atoms with Crippen molar-refractivity contribution in [1.82, 2.24) is 15.5 Å². The molecular formula is C27H31N3O7S. The number of hydrogen-bond donors (Lipinski definition) is 2. The van der Waals surface area contributed by atoms with Crippen molar-refractivity contribution in [3.8, 4) is 11.5 Å². The van der Waals surface area contributed by atoms with Crippen molar-refractivity contribution in [3.05, 3.63) is 70.3 Å². The van der Waals surface area contributed by atoms with Crippen LogP contribution < -0.4 is 20.1 Å². The van der Waals surface area contributed by atoms with Crippen molar-refractivity contribution in [2.75, 3.05) is 33.9 Å². The molecule has 1 aromatic carbocycles. The third-order valence-electron chi connectivity index (χ3n) is 6.18. The lowest BCUT2D eigenvalue weighted by Crippen LogP contribution is -2.47. The van der Waals surface area contributed by atoms with Gasteiger partial charge in [0.25, 0.3) is 5.91 Å². The highest BCUT2D eigenvalue weighted by atomic mass is 32.1. The zero-order valence-corrected chi connectivity index (χ0v) is 22.1. The van der Waals surface area contributed by atoms with Crippen LogP contribution in [0.4, 0.5) is 0 Å². The van der Waals surface area contributed by atoms with Crippen LogP contribution in [0.1, 0.15) is 39.9 Å². The highest BCUT2D eigenvalue weighted by Gasteiger charge is 2.33. The van der Waals surface area contributed by atoms with E-state index < -0.39 is 17.9 Å². The van der Waals surface area contributed by atoms with Gasteiger partial charge in [-0.1, -0.05) is 12.1 Å². The van der Waals surface area contributed by atoms with E-state index in [0.29, 0.717) is 30.2 Å². The number of carbonyl (C=O) groups excluding carboxylic acids is 3. The average Bonchev–Trinajstić information content (AvgIpc) is 3.74. The molecule has 0 bridgehead atoms. The van der Waals surface area contributed by atoms with Gasteiger partial charge in [0.1, 0.15) is 6.04 Å². The number of nitrogens with one attached hydrogen (secondary N) is 2. The highest BCUT2D eigenvalue weighted by molar-refractivity contribution is 7.09. The van der Waals surface area contributed by atoms with E-state index in [2.05, 4.69) is 10.6 Å². The molecule has 0 radical (unpaired) electrons. The number of rotatable bonds is 12. The van der Waals surface area contributed by atoms with Gasteiger partial charge in [-0.2, -0.15) is 0 Å². The minimum atomic E-state index is -1.01. The van der Waals surface area contributed by atoms with E-state index in [1.54, 1.807) is 24.3 Å². The fraction of sp³-hybridized carbons (Fsp3) is 0.370. The normalized spacial score (nSPS) is 15.5. The van der Waals surface area contributed by atoms with Crippen LogP contribution in [0, 0.1) is 0 Å². The van der Waals surface area contributed by atoms with E-state index in [0.717, 1.165) is 17.7 Å². The van der Waals surface area contributed by atoms with Crippen LogP contribution in [0.25, 0.3) is 0 Å². The number of hydrogen-bond acceptors (Lipinski definition) is 8. The molecule has 38 heavy (non-hydrogen) atoms. The third kappa shape index (κ3) is 6.73. The Morgan fingerprint density at radius 2 is 1.95 bits per heavy atom. The van der Waals surface area contributed by atoms with Gasteiger partial charge in [0, 0.05) is 18.0 Å². The first-order chi connectivity index (χ1) is 18.5. The largest absolute Gasteiger partial charge is 0.493 e. The molecular weight excluding hydrogens is 510 g/mol. The van der Waals surface area contributed by atoms with Gasteiger partial charge in [-0.15, -0.1) is 11.3 Å². The number of ether oxygens (including phenoxy) is 3. The molecule has 10 nitrogen and oxygen atoms in total. The van der Waals surface area contributed by atoms with Crippen LogP contribution in [0.15, 0.2) is 58.5 Å². The lowest BCUT2D eigenvalue weighted by Gasteiger charge is -2.32. The van der Waals surface area contributed by atoms with Crippen molar-refractivity contribution >= 4 is 29.1 Å². The molecule has 2 aromatic heterocycles. The third-order valence-corrected chi connectivity index (χ3v) is 7.04. The number of carbonyl (C=O) groups is 3. The molecule has 0 unspecified atom stereocenters. The van der Waals surface area contributed by atoms with Gasteiger partial charge in [0.2, 0.25) is 11.8 Å². The van der Waals surface area contributed by atoms with Crippen LogP contribution in [0.3, 0.4) is 0 Å². The van der Waals surface area contributed by atoms with Crippen LogP contribution in [-0.4, -0.2) is 62.6 Å². The van der Waals surface area contributed by atoms with Crippen LogP contribution >= 0.6 is 11.3 Å². The SMILES string of the molecule is COc1ccc([C@@H](C(=O)NC[C@H]2CCCO2)N(Cc2cccs2)C(=O)CNC(=O)c2ccco2)cc1OC. The molecule has 4 rings (SSSR count). The van der Waals surface area contributed by atoms with Crippen molar-refractivity contribution in [2.45, 2.75) is 31.5 Å². The molecule has 0 aliphatic carbocycles. The molecule has 1 fully saturated rings. The molecule has 0 saturated carbocycles. The van der Waals surface area contributed by atoms with Gasteiger partial charge >= 0.3 is 0 Å². The molecule has 1 saturated heterocycles. The molecule has 202 valence electrons. The minimum Gasteiger partial charge on any atom is -0.493 e. The summed E-state index contributed by atoms with van der Waals surface area (Å²) < 4.78 is 21.6. The molecule has 1 aliphatic heterocycles. The Morgan fingerprint density at radius 1 is 1.11 bits per heavy atom. The number of furan rings is 1. The molecule has 0 spiro atoms. The molecule has 2 N–H and O–H groups in total. The van der Waals surface area contributed by atoms with Crippen LogP contribution in [0.5, 0.6) is 11.5 Å². The van der Waals surface area contributed by atoms with E-state index in [9.17, 15) is 14.4 Å². The summed E-state index contributed by atoms with van der Waals surface area (Å²) in [5.41, 5.74) is 0.537. The summed E-state index contributed by atoms with van der Waals surface area (Å²) in [4.78, 5) is 42.1. The first kappa shape index (κ1) is 27.2. The van der Waals surface area contributed by atoms with Gasteiger partial charge in [-0.25, -0.2) is 0 Å². The zero-order valence-electron chi connectivity index (χ0n) is 21.3. The lowest BCUT2D eigenvalue weighted by molar-refractivity contribution is -0.141. The molecule has 3 heterocycles. The monoisotopic (exact) mass is 541 g/mol. The minimum absolute atomic E-state index is 0.0703. The summed E-state index contributed by atoms with van der Waals surface area (Å²) >= 11 is 1.47. The topological polar surface area (TPSA) is 119 Å². The second-order valence-electron chi connectivity index (χ2n) is 8.66. The molecule has 3 amide bonds. The Hall–Kier alpha value is -3.83. The summed E-state index contributed by atoms with van der Waals surface area (Å²) in [7, 11) is 3.03. The van der Waals surface area contributed by atoms with Gasteiger partial charge < -0.3 is 34.2 Å². The maximum Gasteiger partial charge on any atom is 0.287 e. The molecule has 2 atom stereocenters. The van der Waals surface area contributed by atoms with Gasteiger partial charge in [-0.05, 0) is 54.1 Å². The summed E-state index contributed by atoms with van der Waals surface area (Å²) in [6, 6.07) is 11.0. The van der Waals surface area contributed by atoms with Gasteiger partial charge in [0.15, 0.2) is 17.3 Å². The van der Waals surface area contributed by atoms with E-state index in [1.165, 1.54) is 42.8 Å². The van der Waals surface area contributed by atoms with Crippen LogP contribution in [-0.2, 0) is 20.9 Å². The average molecular weight is 542 g/mol. The Balaban J connectivity index is 1.64. The Kier molecular flexibility index (Phi) is 9.39. The highest BCUT2D eigenvalue weighted by Crippen LogP contribution is 2.33. The first-order valence-electron chi connectivity index (χ1n) is 12.2. The summed E-state index contributed by atoms with van der Waals surface area (Å²) in [5.74, 6) is -0.313. The van der Waals surface area contributed by atoms with E-state index in [1.807, 2.05) is 17.5 Å². The Labute approximate surface area is 224 Å². The molecule has 11 heteroatoms. The maximum atomic E-state index is 13.7. The number of amides is 3. The molecule has 3 aromatic rings. The smallest absolute Gasteiger partial charge is 0.287 e. The fourth-order valence-electron chi connectivity index (χ4n) is 4.26. The second-order valence-corrected chi connectivity index (χ2v) is 9.69. The van der Waals surface area contributed by atoms with E-state index in [4.69, 9.17) is 18.6 Å². The number of nitrogens with zero attached hydrogens (tertiary/aromatic N) is 1. The standard InChI is InChI=1S/C27H31N3O7S/c1-34-21-10-9-18(14-23(21)35-2)25(27(33)28-15-19-6-3-11-36-19)30(17-20-7-5-13-38-20)24(31)16-29-26(32)22-8-4-12-37-22/h4-5,7-10,12-14,19,25H,3,6,11,15-17H2,1-2H3,(H,28,33)(H,29,32)/t19-,25+/m1/s1. The summed E-state index contributed by atoms with van der Waals surface area (Å²) in [6.45, 7) is 0.837. The van der Waals surface area contributed by atoms with E-state index in [-0.39, 0.29) is 30.9 Å². The molecule has 1 aliphatic rings. The predicted octanol–water partition coefficient (Wildman–Crippen LogP) is 3.15. The van der Waals surface area contributed by atoms with Crippen molar-refractivity contribution in [1.29, 1.82) is 0 Å². The summed E-state index contributed by atoms with van der Waals surface area (Å²) in [5, 5.41) is 7.46. The fourth-order valence-corrected chi connectivity index (χ4v) is 4.96. The van der Waals surface area contributed by atoms with Crippen LogP contribution in [0.2, 0.25) is 0 Å². The Morgan fingerprint density at radius 3 is 2.61 bits per heavy atom. The lowest BCUT2D eigenvalue weighted by atomic mass is 10.0. The van der Waals surface area contributed by atoms with Gasteiger partial charge in [0.05, 0.1) is 39.7 Å². The second kappa shape index (κ2) is 13.1. The van der Waals surface area contributed by atoms with Crippen molar-refractivity contribution in [3.63, 3.8) is 0 Å². The maximum absolute atomic E-state index is 13.7. The van der Waals surface area contributed by atoms with Crippen molar-refractivity contribution < 1.29 is 33.0 Å². The zero-order chi connectivity index (χ0) is 26.9. The quantitative estimate of drug-likeness (QED) is 0.362. The number of methoxy groups -OCH3 is 2. The van der Waals surface area contributed by atoms with Gasteiger partial charge in [-0.3, -0.25) is 14.4 Å². The summed E-state index contributed by atoms with van der Waals surface area (Å²) in [6.07, 6.45) is 3.11.